The number of oxazole rings is 1. The molecule has 0 saturated carbocycles. The molecule has 1 saturated heterocycles. The van der Waals surface area contributed by atoms with Crippen LogP contribution in [-0.2, 0) is 6.42 Å². The summed E-state index contributed by atoms with van der Waals surface area (Å²) in [5, 5.41) is 0.550. The van der Waals surface area contributed by atoms with Crippen LogP contribution in [0.4, 0.5) is 0 Å². The topological polar surface area (TPSA) is 55.6 Å². The van der Waals surface area contributed by atoms with E-state index in [1.165, 1.54) is 6.39 Å². The fraction of sp³-hybridized carbons (Fsp3) is 0.273. The minimum absolute atomic E-state index is 0.0135. The molecule has 28 heavy (non-hydrogen) atoms. The zero-order valence-corrected chi connectivity index (χ0v) is 16.2. The molecule has 1 amide bonds. The highest BCUT2D eigenvalue weighted by Gasteiger charge is 2.36. The molecule has 0 radical (unpaired) electrons. The van der Waals surface area contributed by atoms with Crippen molar-refractivity contribution in [1.29, 1.82) is 0 Å². The fourth-order valence-corrected chi connectivity index (χ4v) is 4.22. The number of ether oxygens (including phenoxy) is 1. The number of hydrogen-bond acceptors (Lipinski definition) is 4. The van der Waals surface area contributed by atoms with E-state index in [1.54, 1.807) is 6.26 Å². The van der Waals surface area contributed by atoms with E-state index in [2.05, 4.69) is 17.1 Å². The molecule has 2 aliphatic rings. The van der Waals surface area contributed by atoms with Crippen LogP contribution in [0.25, 0.3) is 11.3 Å². The van der Waals surface area contributed by atoms with Crippen molar-refractivity contribution in [2.45, 2.75) is 25.9 Å². The maximum atomic E-state index is 12.9. The van der Waals surface area contributed by atoms with Gasteiger partial charge in [0.15, 0.2) is 12.1 Å². The Hall–Kier alpha value is -2.79. The molecule has 6 heteroatoms. The second-order valence-electron chi connectivity index (χ2n) is 7.38. The molecule has 2 aromatic carbocycles. The zero-order valence-electron chi connectivity index (χ0n) is 15.4. The van der Waals surface area contributed by atoms with E-state index < -0.39 is 0 Å². The first-order chi connectivity index (χ1) is 13.6. The highest BCUT2D eigenvalue weighted by molar-refractivity contribution is 6.33. The summed E-state index contributed by atoms with van der Waals surface area (Å²) in [6.45, 7) is 3.37. The van der Waals surface area contributed by atoms with Crippen LogP contribution in [0.15, 0.2) is 47.4 Å². The molecule has 5 nitrogen and oxygen atoms in total. The SMILES string of the molecule is Cc1c(Cc2ccc(-c3cocn3)cc2)cc2c(c1Cl)O[C@H]1CCN(C1)C2=O. The molecule has 0 unspecified atom stereocenters. The lowest BCUT2D eigenvalue weighted by molar-refractivity contribution is 0.0792. The van der Waals surface area contributed by atoms with Crippen LogP contribution in [-0.4, -0.2) is 35.0 Å². The molecule has 0 spiro atoms. The number of halogens is 1. The molecule has 142 valence electrons. The predicted octanol–water partition coefficient (Wildman–Crippen LogP) is 4.50. The van der Waals surface area contributed by atoms with Crippen molar-refractivity contribution in [3.8, 4) is 17.0 Å². The summed E-state index contributed by atoms with van der Waals surface area (Å²) in [7, 11) is 0. The Bertz CT molecular complexity index is 1040. The minimum atomic E-state index is 0.0135. The van der Waals surface area contributed by atoms with Gasteiger partial charge in [0.2, 0.25) is 0 Å². The summed E-state index contributed by atoms with van der Waals surface area (Å²) >= 11 is 6.64. The Morgan fingerprint density at radius 2 is 2.11 bits per heavy atom. The van der Waals surface area contributed by atoms with Crippen molar-refractivity contribution in [3.05, 3.63) is 70.3 Å². The molecule has 3 heterocycles. The fourth-order valence-electron chi connectivity index (χ4n) is 3.95. The molecule has 1 atom stereocenters. The summed E-state index contributed by atoms with van der Waals surface area (Å²) in [5.41, 5.74) is 5.52. The average molecular weight is 395 g/mol. The third kappa shape index (κ3) is 2.87. The van der Waals surface area contributed by atoms with Gasteiger partial charge in [-0.2, -0.15) is 0 Å². The van der Waals surface area contributed by atoms with E-state index in [1.807, 2.05) is 30.0 Å². The molecule has 0 aliphatic carbocycles. The van der Waals surface area contributed by atoms with Gasteiger partial charge in [0, 0.05) is 18.5 Å². The predicted molar refractivity (Wildman–Crippen MR) is 106 cm³/mol. The monoisotopic (exact) mass is 394 g/mol. The maximum Gasteiger partial charge on any atom is 0.257 e. The molecular formula is C22H19ClN2O3. The summed E-state index contributed by atoms with van der Waals surface area (Å²) < 4.78 is 11.1. The van der Waals surface area contributed by atoms with Crippen molar-refractivity contribution in [2.24, 2.45) is 0 Å². The second kappa shape index (κ2) is 6.67. The van der Waals surface area contributed by atoms with Crippen LogP contribution in [0.2, 0.25) is 5.02 Å². The summed E-state index contributed by atoms with van der Waals surface area (Å²) in [6.07, 6.45) is 4.64. The molecule has 5 rings (SSSR count). The lowest BCUT2D eigenvalue weighted by atomic mass is 9.96. The molecule has 1 fully saturated rings. The molecule has 1 aromatic heterocycles. The number of amides is 1. The average Bonchev–Trinajstić information content (AvgIpc) is 3.37. The van der Waals surface area contributed by atoms with E-state index >= 15 is 0 Å². The van der Waals surface area contributed by atoms with Gasteiger partial charge in [-0.1, -0.05) is 35.9 Å². The quantitative estimate of drug-likeness (QED) is 0.656. The van der Waals surface area contributed by atoms with Crippen molar-refractivity contribution in [2.75, 3.05) is 13.1 Å². The van der Waals surface area contributed by atoms with Crippen LogP contribution in [0.3, 0.4) is 0 Å². The van der Waals surface area contributed by atoms with Crippen molar-refractivity contribution in [3.63, 3.8) is 0 Å². The van der Waals surface area contributed by atoms with Crippen LogP contribution >= 0.6 is 11.6 Å². The van der Waals surface area contributed by atoms with E-state index in [0.717, 1.165) is 40.9 Å². The lowest BCUT2D eigenvalue weighted by Gasteiger charge is -2.20. The van der Waals surface area contributed by atoms with Crippen LogP contribution in [0.1, 0.15) is 33.5 Å². The first-order valence-electron chi connectivity index (χ1n) is 9.35. The number of aromatic nitrogens is 1. The summed E-state index contributed by atoms with van der Waals surface area (Å²) in [6, 6.07) is 10.1. The van der Waals surface area contributed by atoms with Crippen molar-refractivity contribution < 1.29 is 13.9 Å². The largest absolute Gasteiger partial charge is 0.486 e. The van der Waals surface area contributed by atoms with E-state index in [9.17, 15) is 4.79 Å². The Labute approximate surface area is 167 Å². The third-order valence-electron chi connectivity index (χ3n) is 5.60. The number of hydrogen-bond donors (Lipinski definition) is 0. The smallest absolute Gasteiger partial charge is 0.257 e. The Balaban J connectivity index is 1.48. The number of fused-ring (bicyclic) bond motifs is 3. The first kappa shape index (κ1) is 17.3. The Morgan fingerprint density at radius 3 is 2.86 bits per heavy atom. The van der Waals surface area contributed by atoms with Gasteiger partial charge in [0.05, 0.1) is 17.1 Å². The first-order valence-corrected chi connectivity index (χ1v) is 9.73. The third-order valence-corrected chi connectivity index (χ3v) is 6.05. The molecule has 2 bridgehead atoms. The van der Waals surface area contributed by atoms with Gasteiger partial charge < -0.3 is 14.1 Å². The molecule has 0 N–H and O–H groups in total. The van der Waals surface area contributed by atoms with E-state index in [4.69, 9.17) is 20.8 Å². The van der Waals surface area contributed by atoms with Gasteiger partial charge in [0.25, 0.3) is 5.91 Å². The van der Waals surface area contributed by atoms with Gasteiger partial charge >= 0.3 is 0 Å². The van der Waals surface area contributed by atoms with Gasteiger partial charge in [-0.05, 0) is 36.1 Å². The van der Waals surface area contributed by atoms with Gasteiger partial charge in [-0.15, -0.1) is 0 Å². The molecule has 3 aromatic rings. The number of carbonyl (C=O) groups excluding carboxylic acids is 1. The normalized spacial score (nSPS) is 18.0. The zero-order chi connectivity index (χ0) is 19.3. The number of rotatable bonds is 3. The lowest BCUT2D eigenvalue weighted by Crippen LogP contribution is -2.28. The summed E-state index contributed by atoms with van der Waals surface area (Å²) in [4.78, 5) is 18.9. The number of benzene rings is 2. The number of carbonyl (C=O) groups is 1. The molecular weight excluding hydrogens is 376 g/mol. The van der Waals surface area contributed by atoms with Gasteiger partial charge in [0.1, 0.15) is 18.1 Å². The Kier molecular flexibility index (Phi) is 4.13. The van der Waals surface area contributed by atoms with E-state index in [0.29, 0.717) is 29.3 Å². The maximum absolute atomic E-state index is 12.9. The van der Waals surface area contributed by atoms with Crippen molar-refractivity contribution in [1.82, 2.24) is 9.88 Å². The van der Waals surface area contributed by atoms with Gasteiger partial charge in [-0.25, -0.2) is 4.98 Å². The highest BCUT2D eigenvalue weighted by atomic mass is 35.5. The van der Waals surface area contributed by atoms with Crippen LogP contribution in [0.5, 0.6) is 5.75 Å². The van der Waals surface area contributed by atoms with Crippen LogP contribution in [0, 0.1) is 6.92 Å². The number of nitrogens with zero attached hydrogens (tertiary/aromatic N) is 2. The Morgan fingerprint density at radius 1 is 1.29 bits per heavy atom. The van der Waals surface area contributed by atoms with Gasteiger partial charge in [-0.3, -0.25) is 4.79 Å². The summed E-state index contributed by atoms with van der Waals surface area (Å²) in [5.74, 6) is 0.557. The van der Waals surface area contributed by atoms with Crippen molar-refractivity contribution >= 4 is 17.5 Å². The van der Waals surface area contributed by atoms with Crippen LogP contribution < -0.4 is 4.74 Å². The highest BCUT2D eigenvalue weighted by Crippen LogP contribution is 2.39. The second-order valence-corrected chi connectivity index (χ2v) is 7.76. The minimum Gasteiger partial charge on any atom is -0.486 e. The van der Waals surface area contributed by atoms with E-state index in [-0.39, 0.29) is 12.0 Å². The standard InChI is InChI=1S/C22H19ClN2O3/c1-13-16(8-14-2-4-15(5-3-14)19-11-27-12-24-19)9-18-21(20(13)23)28-17-6-7-25(10-17)22(18)26/h2-5,9,11-12,17H,6-8,10H2,1H3/t17-/m0/s1. The molecule has 2 aliphatic heterocycles.